The van der Waals surface area contributed by atoms with Gasteiger partial charge < -0.3 is 8.42 Å². The van der Waals surface area contributed by atoms with Crippen LogP contribution in [0.15, 0.2) is 0 Å². The maximum Gasteiger partial charge on any atom is 1.00 e. The van der Waals surface area contributed by atoms with Gasteiger partial charge in [-0.05, 0) is 25.1 Å². The van der Waals surface area contributed by atoms with Gasteiger partial charge in [-0.25, -0.2) is 8.42 Å². The molecule has 0 amide bonds. The Hall–Kier alpha value is 0.634. The molecule has 0 saturated heterocycles. The van der Waals surface area contributed by atoms with Crippen molar-refractivity contribution >= 4 is 28.6 Å². The van der Waals surface area contributed by atoms with Crippen molar-refractivity contribution in [3.8, 4) is 0 Å². The van der Waals surface area contributed by atoms with E-state index in [9.17, 15) is 21.4 Å². The first-order valence-corrected chi connectivity index (χ1v) is 11.2. The molecule has 0 spiro atoms. The Morgan fingerprint density at radius 1 is 1.17 bits per heavy atom. The zero-order chi connectivity index (χ0) is 14.1. The van der Waals surface area contributed by atoms with Gasteiger partial charge in [0.15, 0.2) is 4.58 Å². The fourth-order valence-electron chi connectivity index (χ4n) is 1.00. The minimum atomic E-state index is -4.91. The van der Waals surface area contributed by atoms with Crippen molar-refractivity contribution in [1.29, 1.82) is 0 Å². The molecule has 0 aromatic carbocycles. The summed E-state index contributed by atoms with van der Waals surface area (Å²) >= 11 is 0. The molecule has 0 rings (SSSR count). The zero-order valence-corrected chi connectivity index (χ0v) is 14.3. The summed E-state index contributed by atoms with van der Waals surface area (Å²) in [7, 11) is -11.8. The second-order valence-electron chi connectivity index (χ2n) is 4.66. The van der Waals surface area contributed by atoms with Gasteiger partial charge in [0.05, 0.1) is 0 Å². The first kappa shape index (κ1) is 20.9. The largest absolute Gasteiger partial charge is 1.00 e. The third-order valence-corrected chi connectivity index (χ3v) is 11.5. The summed E-state index contributed by atoms with van der Waals surface area (Å²) in [6.07, 6.45) is -0.309. The maximum absolute atomic E-state index is 11.8. The third kappa shape index (κ3) is 5.73. The normalized spacial score (nSPS) is 15.3. The third-order valence-electron chi connectivity index (χ3n) is 2.70. The van der Waals surface area contributed by atoms with Crippen LogP contribution in [0, 0.1) is 0 Å². The molecule has 0 N–H and O–H groups in total. The van der Waals surface area contributed by atoms with Crippen molar-refractivity contribution < 1.29 is 44.1 Å². The summed E-state index contributed by atoms with van der Waals surface area (Å²) in [6.45, 7) is 8.26. The van der Waals surface area contributed by atoms with Crippen LogP contribution in [0.4, 0.5) is 0 Å². The van der Waals surface area contributed by atoms with Crippen LogP contribution in [0.5, 0.6) is 0 Å². The fraction of sp³-hybridized carbons (Fsp3) is 1.00. The first-order valence-electron chi connectivity index (χ1n) is 5.23. The van der Waals surface area contributed by atoms with Gasteiger partial charge in [-0.3, -0.25) is 0 Å². The molecule has 18 heavy (non-hydrogen) atoms. The van der Waals surface area contributed by atoms with Gasteiger partial charge >= 0.3 is 18.9 Å². The number of hydrogen-bond acceptors (Lipinski definition) is 6. The Kier molecular flexibility index (Phi) is 8.00. The van der Waals surface area contributed by atoms with Crippen molar-refractivity contribution in [1.82, 2.24) is 0 Å². The summed E-state index contributed by atoms with van der Waals surface area (Å²) < 4.78 is 59.1. The second kappa shape index (κ2) is 6.88. The van der Waals surface area contributed by atoms with Crippen molar-refractivity contribution in [3.63, 3.8) is 0 Å². The molecule has 10 heteroatoms. The van der Waals surface area contributed by atoms with Crippen molar-refractivity contribution in [2.45, 2.75) is 50.4 Å². The molecule has 0 aliphatic heterocycles. The van der Waals surface area contributed by atoms with Crippen LogP contribution in [-0.4, -0.2) is 34.3 Å². The minimum absolute atomic E-state index is 0. The van der Waals surface area contributed by atoms with Crippen LogP contribution in [-0.2, 0) is 24.1 Å². The molecule has 6 nitrogen and oxygen atoms in total. The summed E-state index contributed by atoms with van der Waals surface area (Å²) in [6, 6.07) is 0. The molecule has 1 atom stereocenters. The minimum Gasteiger partial charge on any atom is -0.747 e. The van der Waals surface area contributed by atoms with Crippen LogP contribution in [0.2, 0.25) is 18.6 Å². The van der Waals surface area contributed by atoms with Crippen molar-refractivity contribution in [2.75, 3.05) is 0 Å². The monoisotopic (exact) mass is 310 g/mol. The molecule has 0 fully saturated rings. The van der Waals surface area contributed by atoms with E-state index in [4.69, 9.17) is 3.87 Å². The predicted molar refractivity (Wildman–Crippen MR) is 66.4 cm³/mol. The maximum atomic E-state index is 11.8. The van der Waals surface area contributed by atoms with E-state index in [0.29, 0.717) is 0 Å². The average Bonchev–Trinajstić information content (AvgIpc) is 1.98. The van der Waals surface area contributed by atoms with Crippen LogP contribution in [0.25, 0.3) is 0 Å². The summed E-state index contributed by atoms with van der Waals surface area (Å²) in [5.74, 6) is 0. The summed E-state index contributed by atoms with van der Waals surface area (Å²) in [4.78, 5) is 0. The molecular formula is C8H19LiO6S2Si. The molecule has 0 aliphatic rings. The van der Waals surface area contributed by atoms with Gasteiger partial charge in [0.25, 0.3) is 10.1 Å². The standard InChI is InChI=1S/C8H20O6S2Si.Li/c1-6-8(15(9,10)11)16(12,13)14-17(4,5)7(2)3;/h7-8H,6H2,1-5H3,(H,9,10,11);/q;+1/p-1. The van der Waals surface area contributed by atoms with Crippen LogP contribution in [0.3, 0.4) is 0 Å². The smallest absolute Gasteiger partial charge is 0.747 e. The Morgan fingerprint density at radius 3 is 1.78 bits per heavy atom. The van der Waals surface area contributed by atoms with Gasteiger partial charge in [0.1, 0.15) is 10.1 Å². The number of rotatable bonds is 6. The molecule has 0 heterocycles. The molecule has 0 aromatic rings. The second-order valence-corrected chi connectivity index (χ2v) is 13.1. The van der Waals surface area contributed by atoms with Crippen LogP contribution in [0.1, 0.15) is 27.2 Å². The van der Waals surface area contributed by atoms with Gasteiger partial charge in [-0.15, -0.1) is 0 Å². The van der Waals surface area contributed by atoms with Crippen LogP contribution >= 0.6 is 0 Å². The molecule has 104 valence electrons. The van der Waals surface area contributed by atoms with Crippen molar-refractivity contribution in [3.05, 3.63) is 0 Å². The van der Waals surface area contributed by atoms with Gasteiger partial charge in [-0.1, -0.05) is 20.8 Å². The predicted octanol–water partition coefficient (Wildman–Crippen LogP) is -1.77. The topological polar surface area (TPSA) is 101 Å². The van der Waals surface area contributed by atoms with E-state index in [1.807, 2.05) is 0 Å². The molecule has 0 aromatic heterocycles. The molecule has 0 saturated carbocycles. The van der Waals surface area contributed by atoms with Gasteiger partial charge in [0, 0.05) is 0 Å². The number of hydrogen-bond donors (Lipinski definition) is 0. The van der Waals surface area contributed by atoms with E-state index in [2.05, 4.69) is 0 Å². The Labute approximate surface area is 123 Å². The fourth-order valence-corrected chi connectivity index (χ4v) is 6.92. The van der Waals surface area contributed by atoms with E-state index in [1.165, 1.54) is 6.92 Å². The summed E-state index contributed by atoms with van der Waals surface area (Å²) in [5, 5.41) is 0. The molecule has 0 radical (unpaired) electrons. The van der Waals surface area contributed by atoms with E-state index in [1.54, 1.807) is 26.9 Å². The Bertz CT molecular complexity index is 456. The van der Waals surface area contributed by atoms with E-state index in [-0.39, 0.29) is 30.8 Å². The van der Waals surface area contributed by atoms with Gasteiger partial charge in [0.2, 0.25) is 8.32 Å². The van der Waals surface area contributed by atoms with E-state index in [0.717, 1.165) is 0 Å². The molecule has 1 unspecified atom stereocenters. The molecule has 0 aliphatic carbocycles. The van der Waals surface area contributed by atoms with Crippen LogP contribution < -0.4 is 18.9 Å². The Morgan fingerprint density at radius 2 is 1.56 bits per heavy atom. The van der Waals surface area contributed by atoms with E-state index >= 15 is 0 Å². The first-order chi connectivity index (χ1) is 7.34. The van der Waals surface area contributed by atoms with Crippen molar-refractivity contribution in [2.24, 2.45) is 0 Å². The molecular weight excluding hydrogens is 291 g/mol. The summed E-state index contributed by atoms with van der Waals surface area (Å²) in [5.41, 5.74) is -0.0101. The quantitative estimate of drug-likeness (QED) is 0.425. The Balaban J connectivity index is 0. The van der Waals surface area contributed by atoms with Gasteiger partial charge in [-0.2, -0.15) is 8.42 Å². The molecule has 0 bridgehead atoms. The zero-order valence-electron chi connectivity index (χ0n) is 11.6. The average molecular weight is 310 g/mol. The van der Waals surface area contributed by atoms with E-state index < -0.39 is 33.1 Å². The SMILES string of the molecule is CCC(S(=O)(=O)[O-])S(=O)(=O)O[Si](C)(C)C(C)C.[Li+].